The van der Waals surface area contributed by atoms with Crippen LogP contribution in [0, 0.1) is 23.7 Å². The summed E-state index contributed by atoms with van der Waals surface area (Å²) in [5, 5.41) is 77.1. The summed E-state index contributed by atoms with van der Waals surface area (Å²) in [6.45, 7) is 8.11. The molecule has 4 heterocycles. The van der Waals surface area contributed by atoms with Crippen molar-refractivity contribution < 1.29 is 64.5 Å². The van der Waals surface area contributed by atoms with Crippen molar-refractivity contribution in [1.29, 1.82) is 0 Å². The highest BCUT2D eigenvalue weighted by Crippen LogP contribution is 2.35. The molecule has 6 aromatic rings. The average molecular weight is 1330 g/mol. The Morgan fingerprint density at radius 2 is 1.00 bits per heavy atom. The van der Waals surface area contributed by atoms with Gasteiger partial charge in [0.15, 0.2) is 0 Å². The summed E-state index contributed by atoms with van der Waals surface area (Å²) in [6, 6.07) is 18.8. The van der Waals surface area contributed by atoms with Crippen molar-refractivity contribution in [2.24, 2.45) is 23.7 Å². The van der Waals surface area contributed by atoms with Crippen LogP contribution in [0.3, 0.4) is 0 Å². The SMILES string of the molecule is CC(C(=O)Cc1ccc2c(=O)[nH]ccc2c1)c1ccsc1.CC(C(=O)Cc1ccc2c(=O)[nH]ccc2c1)c1ccsc1.CCCCC[C@H](O)/C=C/[C@H]1[C@H](O)CC(=O)[C@@H]1C/C=C\CCCC(=O)O.CCCCC[C@H](O)/C=C/[C@H]1[C@H](O)CC(=O)[C@@H]1C/C=C\CCCC(=O)[O-].CO. The number of carboxylic acids is 2. The molecule has 0 aliphatic heterocycles. The number of aromatic amines is 2. The molecule has 0 saturated heterocycles. The highest BCUT2D eigenvalue weighted by Gasteiger charge is 2.40. The van der Waals surface area contributed by atoms with Crippen LogP contribution < -0.4 is 16.2 Å². The first-order valence-electron chi connectivity index (χ1n) is 32.8. The van der Waals surface area contributed by atoms with Crippen molar-refractivity contribution in [1.82, 2.24) is 9.97 Å². The first-order chi connectivity index (χ1) is 45.2. The van der Waals surface area contributed by atoms with E-state index in [-0.39, 0.29) is 95.4 Å². The number of H-pyrrole nitrogens is 2. The number of benzene rings is 2. The summed E-state index contributed by atoms with van der Waals surface area (Å²) < 4.78 is 0. The van der Waals surface area contributed by atoms with Gasteiger partial charge in [-0.1, -0.05) is 139 Å². The summed E-state index contributed by atoms with van der Waals surface area (Å²) in [6.07, 6.45) is 27.9. The number of aliphatic hydroxyl groups excluding tert-OH is 5. The highest BCUT2D eigenvalue weighted by atomic mass is 32.1. The third kappa shape index (κ3) is 27.5. The molecule has 10 atom stereocenters. The number of carbonyl (C=O) groups excluding carboxylic acids is 5. The molecule has 2 aliphatic carbocycles. The zero-order chi connectivity index (χ0) is 69.0. The molecule has 2 fully saturated rings. The number of Topliss-reactive ketones (excluding diaryl/α,β-unsaturated/α-hetero) is 4. The maximum absolute atomic E-state index is 12.4. The first kappa shape index (κ1) is 79.1. The predicted molar refractivity (Wildman–Crippen MR) is 372 cm³/mol. The lowest BCUT2D eigenvalue weighted by molar-refractivity contribution is -0.305. The number of hydrogen-bond acceptors (Lipinski definition) is 16. The van der Waals surface area contributed by atoms with Gasteiger partial charge in [0.2, 0.25) is 0 Å². The molecule has 0 bridgehead atoms. The number of ketones is 4. The Bertz CT molecular complexity index is 3280. The average Bonchev–Trinajstić information content (AvgIpc) is 1.12. The second-order valence-electron chi connectivity index (χ2n) is 24.0. The van der Waals surface area contributed by atoms with E-state index < -0.39 is 36.4 Å². The number of carboxylic acid groups (broad SMARTS) is 2. The van der Waals surface area contributed by atoms with Gasteiger partial charge in [-0.25, -0.2) is 0 Å². The Hall–Kier alpha value is -7.36. The Balaban J connectivity index is 0.000000265. The second kappa shape index (κ2) is 43.6. The number of unbranched alkanes of at least 4 members (excludes halogenated alkanes) is 6. The third-order valence-corrected chi connectivity index (χ3v) is 18.3. The third-order valence-electron chi connectivity index (χ3n) is 16.9. The van der Waals surface area contributed by atoms with Gasteiger partial charge < -0.3 is 50.5 Å². The van der Waals surface area contributed by atoms with Gasteiger partial charge in [0.1, 0.15) is 23.1 Å². The van der Waals surface area contributed by atoms with Crippen LogP contribution in [0.2, 0.25) is 0 Å². The maximum Gasteiger partial charge on any atom is 0.303 e. The normalized spacial score (nSPS) is 19.0. The molecule has 2 aromatic carbocycles. The van der Waals surface area contributed by atoms with Gasteiger partial charge in [0.05, 0.1) is 24.4 Å². The Morgan fingerprint density at radius 1 is 0.585 bits per heavy atom. The van der Waals surface area contributed by atoms with Gasteiger partial charge in [0, 0.05) is 104 Å². The molecule has 4 aromatic heterocycles. The van der Waals surface area contributed by atoms with Crippen molar-refractivity contribution in [3.8, 4) is 0 Å². The van der Waals surface area contributed by atoms with E-state index in [0.717, 1.165) is 78.7 Å². The lowest BCUT2D eigenvalue weighted by Gasteiger charge is -2.16. The van der Waals surface area contributed by atoms with Gasteiger partial charge in [-0.05, 0) is 149 Å². The topological polar surface area (TPSA) is 313 Å². The second-order valence-corrected chi connectivity index (χ2v) is 25.6. The lowest BCUT2D eigenvalue weighted by Crippen LogP contribution is -2.21. The van der Waals surface area contributed by atoms with E-state index in [0.29, 0.717) is 75.0 Å². The molecule has 19 heteroatoms. The number of rotatable bonds is 32. The number of pyridine rings is 2. The van der Waals surface area contributed by atoms with Gasteiger partial charge in [-0.2, -0.15) is 22.7 Å². The van der Waals surface area contributed by atoms with Crippen LogP contribution in [0.15, 0.2) is 153 Å². The number of carbonyl (C=O) groups is 6. The molecule has 0 spiro atoms. The van der Waals surface area contributed by atoms with Crippen LogP contribution in [0.4, 0.5) is 0 Å². The van der Waals surface area contributed by atoms with E-state index in [1.165, 1.54) is 0 Å². The monoisotopic (exact) mass is 1330 g/mol. The first-order valence-corrected chi connectivity index (χ1v) is 34.7. The molecular weight excluding hydrogens is 1230 g/mol. The molecule has 8 rings (SSSR count). The Morgan fingerprint density at radius 3 is 1.37 bits per heavy atom. The number of aliphatic carboxylic acids is 2. The molecule has 8 N–H and O–H groups in total. The van der Waals surface area contributed by atoms with Crippen molar-refractivity contribution in [3.63, 3.8) is 0 Å². The molecular formula is C75H97N2O15S2-. The van der Waals surface area contributed by atoms with Crippen LogP contribution in [-0.2, 0) is 41.6 Å². The van der Waals surface area contributed by atoms with Crippen molar-refractivity contribution in [2.45, 2.75) is 192 Å². The fourth-order valence-electron chi connectivity index (χ4n) is 11.3. The number of aromatic nitrogens is 2. The van der Waals surface area contributed by atoms with Crippen LogP contribution in [-0.4, -0.2) is 107 Å². The van der Waals surface area contributed by atoms with Gasteiger partial charge in [-0.15, -0.1) is 0 Å². The van der Waals surface area contributed by atoms with Crippen LogP contribution in [0.25, 0.3) is 21.5 Å². The number of fused-ring (bicyclic) bond motifs is 2. The predicted octanol–water partition coefficient (Wildman–Crippen LogP) is 11.8. The van der Waals surface area contributed by atoms with Crippen LogP contribution in [0.5, 0.6) is 0 Å². The molecule has 0 amide bonds. The summed E-state index contributed by atoms with van der Waals surface area (Å²) in [7, 11) is 1.00. The number of nitrogens with one attached hydrogen (secondary N) is 2. The summed E-state index contributed by atoms with van der Waals surface area (Å²) in [5.41, 5.74) is 3.83. The smallest absolute Gasteiger partial charge is 0.303 e. The Kier molecular flexibility index (Phi) is 36.7. The quantitative estimate of drug-likeness (QED) is 0.0144. The summed E-state index contributed by atoms with van der Waals surface area (Å²) in [4.78, 5) is 98.3. The van der Waals surface area contributed by atoms with Crippen LogP contribution in [0.1, 0.15) is 177 Å². The van der Waals surface area contributed by atoms with E-state index in [9.17, 15) is 63.9 Å². The molecule has 17 nitrogen and oxygen atoms in total. The van der Waals surface area contributed by atoms with E-state index in [1.807, 2.05) is 108 Å². The van der Waals surface area contributed by atoms with Crippen molar-refractivity contribution in [2.75, 3.05) is 7.11 Å². The molecule has 2 unspecified atom stereocenters. The van der Waals surface area contributed by atoms with Gasteiger partial charge in [-0.3, -0.25) is 33.6 Å². The Labute approximate surface area is 560 Å². The molecule has 94 heavy (non-hydrogen) atoms. The molecule has 510 valence electrons. The largest absolute Gasteiger partial charge is 0.550 e. The number of hydrogen-bond donors (Lipinski definition) is 8. The van der Waals surface area contributed by atoms with E-state index in [2.05, 4.69) is 23.8 Å². The van der Waals surface area contributed by atoms with Crippen molar-refractivity contribution in [3.05, 3.63) is 186 Å². The van der Waals surface area contributed by atoms with Crippen LogP contribution >= 0.6 is 22.7 Å². The number of aliphatic hydroxyl groups is 5. The van der Waals surface area contributed by atoms with Gasteiger partial charge in [0.25, 0.3) is 11.1 Å². The lowest BCUT2D eigenvalue weighted by atomic mass is 9.90. The number of allylic oxidation sites excluding steroid dienone is 4. The van der Waals surface area contributed by atoms with E-state index in [1.54, 1.807) is 71.5 Å². The van der Waals surface area contributed by atoms with Crippen molar-refractivity contribution >= 4 is 79.3 Å². The summed E-state index contributed by atoms with van der Waals surface area (Å²) in [5.74, 6) is -2.60. The summed E-state index contributed by atoms with van der Waals surface area (Å²) >= 11 is 3.21. The minimum absolute atomic E-state index is 0.0344. The zero-order valence-corrected chi connectivity index (χ0v) is 56.6. The fourth-order valence-corrected chi connectivity index (χ4v) is 12.8. The van der Waals surface area contributed by atoms with Gasteiger partial charge >= 0.3 is 5.97 Å². The molecule has 2 saturated carbocycles. The number of thiophene rings is 2. The zero-order valence-electron chi connectivity index (χ0n) is 54.9. The van der Waals surface area contributed by atoms with E-state index in [4.69, 9.17) is 10.2 Å². The maximum atomic E-state index is 12.4. The molecule has 0 radical (unpaired) electrons. The standard InChI is InChI=1S/2C20H32O5.2C17H15NO2S.CH4O/c2*1-2-3-6-9-15(21)12-13-17-16(18(22)14-19(17)23)10-7-4-5-8-11-20(24)25;2*1-11(14-5-7-21-10-14)16(19)9-12-2-3-15-13(8-12)4-6-18-17(15)20;1-2/h2*4,7,12-13,15-17,19,21,23H,2-3,5-6,8-11,14H2,1H3,(H,24,25);2*2-8,10-11H,9H2,1H3,(H,18,20);2H,1H3/p-1/b2*7-4-,13-12+;;;/t2*15-,16+,17+,19+;;;/m00.../s1. The molecule has 2 aliphatic rings. The minimum Gasteiger partial charge on any atom is -0.550 e. The van der Waals surface area contributed by atoms with E-state index >= 15 is 0 Å². The minimum atomic E-state index is -1.05. The highest BCUT2D eigenvalue weighted by molar-refractivity contribution is 7.08. The fraction of sp³-hybridized carbons (Fsp3) is 0.467.